The Bertz CT molecular complexity index is 1780. The van der Waals surface area contributed by atoms with Crippen molar-refractivity contribution in [2.45, 2.75) is 31.2 Å². The van der Waals surface area contributed by atoms with Crippen LogP contribution in [0.15, 0.2) is 65.7 Å². The fraction of sp³-hybridized carbons (Fsp3) is 0.185. The molecular formula is C27H24Cl2FN5O3S. The van der Waals surface area contributed by atoms with Crippen LogP contribution in [0.4, 0.5) is 10.1 Å². The van der Waals surface area contributed by atoms with Gasteiger partial charge in [-0.15, -0.1) is 0 Å². The molecule has 0 aliphatic heterocycles. The molecule has 1 amide bonds. The van der Waals surface area contributed by atoms with Crippen LogP contribution in [0.1, 0.15) is 42.5 Å². The van der Waals surface area contributed by atoms with Crippen molar-refractivity contribution in [2.24, 2.45) is 5.92 Å². The average Bonchev–Trinajstić information content (AvgIpc) is 3.49. The van der Waals surface area contributed by atoms with Gasteiger partial charge in [0.05, 0.1) is 38.3 Å². The van der Waals surface area contributed by atoms with Gasteiger partial charge < -0.3 is 15.3 Å². The summed E-state index contributed by atoms with van der Waals surface area (Å²) in [6, 6.07) is 13.2. The summed E-state index contributed by atoms with van der Waals surface area (Å²) < 4.78 is 43.6. The van der Waals surface area contributed by atoms with Crippen LogP contribution >= 0.6 is 23.2 Å². The van der Waals surface area contributed by atoms with Crippen molar-refractivity contribution in [1.82, 2.24) is 20.3 Å². The standard InChI is InChI=1S/C27H24Cl2FN5O3S/c1-14(2)11-22(26-32-19-5-3-4-6-20(19)33-26)34-27(36)15-7-10-23(18(30)12-15)39(37,38)35-21-9-8-16(28)24-17(29)13-31-25(21)24/h3-10,12-14,22,31,35H,11H2,1-2H3,(H,32,33)(H,34,36)/t22-/m0/s1. The summed E-state index contributed by atoms with van der Waals surface area (Å²) in [5.74, 6) is -0.820. The molecule has 2 aromatic heterocycles. The lowest BCUT2D eigenvalue weighted by Crippen LogP contribution is -2.30. The topological polar surface area (TPSA) is 120 Å². The molecule has 2 heterocycles. The molecule has 0 spiro atoms. The van der Waals surface area contributed by atoms with Gasteiger partial charge in [-0.3, -0.25) is 9.52 Å². The molecule has 202 valence electrons. The highest BCUT2D eigenvalue weighted by Crippen LogP contribution is 2.35. The Morgan fingerprint density at radius 2 is 1.85 bits per heavy atom. The predicted octanol–water partition coefficient (Wildman–Crippen LogP) is 6.81. The van der Waals surface area contributed by atoms with Gasteiger partial charge in [-0.1, -0.05) is 49.2 Å². The lowest BCUT2D eigenvalue weighted by atomic mass is 10.0. The monoisotopic (exact) mass is 587 g/mol. The minimum Gasteiger partial charge on any atom is -0.358 e. The normalized spacial score (nSPS) is 12.8. The third kappa shape index (κ3) is 5.45. The van der Waals surface area contributed by atoms with Crippen LogP contribution in [-0.2, 0) is 10.0 Å². The van der Waals surface area contributed by atoms with E-state index in [-0.39, 0.29) is 17.2 Å². The Kier molecular flexibility index (Phi) is 7.28. The summed E-state index contributed by atoms with van der Waals surface area (Å²) in [6.07, 6.45) is 2.06. The van der Waals surface area contributed by atoms with Gasteiger partial charge in [0.1, 0.15) is 16.5 Å². The van der Waals surface area contributed by atoms with E-state index in [0.717, 1.165) is 23.2 Å². The van der Waals surface area contributed by atoms with Crippen molar-refractivity contribution < 1.29 is 17.6 Å². The number of nitrogens with one attached hydrogen (secondary N) is 4. The summed E-state index contributed by atoms with van der Waals surface area (Å²) in [7, 11) is -4.36. The molecule has 39 heavy (non-hydrogen) atoms. The summed E-state index contributed by atoms with van der Waals surface area (Å²) in [4.78, 5) is 23.2. The molecule has 12 heteroatoms. The molecule has 0 unspecified atom stereocenters. The molecule has 0 saturated carbocycles. The predicted molar refractivity (Wildman–Crippen MR) is 151 cm³/mol. The quantitative estimate of drug-likeness (QED) is 0.159. The zero-order valence-corrected chi connectivity index (χ0v) is 23.2. The van der Waals surface area contributed by atoms with Gasteiger partial charge in [-0.05, 0) is 54.8 Å². The van der Waals surface area contributed by atoms with Crippen LogP contribution < -0.4 is 10.0 Å². The summed E-state index contributed by atoms with van der Waals surface area (Å²) in [6.45, 7) is 4.04. The number of halogens is 3. The zero-order valence-electron chi connectivity index (χ0n) is 20.8. The molecule has 1 atom stereocenters. The smallest absolute Gasteiger partial charge is 0.264 e. The number of nitrogens with zero attached hydrogens (tertiary/aromatic N) is 1. The molecule has 5 aromatic rings. The van der Waals surface area contributed by atoms with Crippen molar-refractivity contribution >= 4 is 66.8 Å². The Morgan fingerprint density at radius 1 is 1.08 bits per heavy atom. The number of benzene rings is 3. The van der Waals surface area contributed by atoms with Gasteiger partial charge in [0.15, 0.2) is 0 Å². The Labute approximate surface area is 234 Å². The lowest BCUT2D eigenvalue weighted by Gasteiger charge is -2.19. The first kappa shape index (κ1) is 27.0. The average molecular weight is 588 g/mol. The van der Waals surface area contributed by atoms with Crippen LogP contribution in [0, 0.1) is 11.7 Å². The van der Waals surface area contributed by atoms with Crippen molar-refractivity contribution in [3.63, 3.8) is 0 Å². The van der Waals surface area contributed by atoms with Crippen LogP contribution in [0.2, 0.25) is 10.0 Å². The summed E-state index contributed by atoms with van der Waals surface area (Å²) in [5, 5.41) is 3.99. The molecule has 0 fully saturated rings. The van der Waals surface area contributed by atoms with Gasteiger partial charge >= 0.3 is 0 Å². The van der Waals surface area contributed by atoms with Crippen molar-refractivity contribution in [1.29, 1.82) is 0 Å². The lowest BCUT2D eigenvalue weighted by molar-refractivity contribution is 0.0929. The SMILES string of the molecule is CC(C)C[C@H](NC(=O)c1ccc(S(=O)(=O)Nc2ccc(Cl)c3c(Cl)c[nH]c23)c(F)c1)c1nc2ccccc2[nH]1. The van der Waals surface area contributed by atoms with Crippen molar-refractivity contribution in [3.05, 3.63) is 88.0 Å². The molecule has 3 aromatic carbocycles. The Balaban J connectivity index is 1.39. The molecule has 0 radical (unpaired) electrons. The number of amides is 1. The van der Waals surface area contributed by atoms with Gasteiger partial charge in [0.2, 0.25) is 0 Å². The molecule has 8 nitrogen and oxygen atoms in total. The second kappa shape index (κ2) is 10.5. The number of rotatable bonds is 8. The van der Waals surface area contributed by atoms with E-state index in [2.05, 4.69) is 25.0 Å². The van der Waals surface area contributed by atoms with Crippen LogP contribution in [0.25, 0.3) is 21.9 Å². The number of aromatic nitrogens is 3. The molecule has 5 rings (SSSR count). The maximum Gasteiger partial charge on any atom is 0.264 e. The Morgan fingerprint density at radius 3 is 2.56 bits per heavy atom. The van der Waals surface area contributed by atoms with Crippen LogP contribution in [-0.4, -0.2) is 29.3 Å². The molecule has 0 saturated heterocycles. The maximum atomic E-state index is 15.1. The van der Waals surface area contributed by atoms with Crippen LogP contribution in [0.5, 0.6) is 0 Å². The first-order valence-corrected chi connectivity index (χ1v) is 14.3. The number of sulfonamides is 1. The van der Waals surface area contributed by atoms with Crippen LogP contribution in [0.3, 0.4) is 0 Å². The van der Waals surface area contributed by atoms with E-state index in [1.54, 1.807) is 0 Å². The van der Waals surface area contributed by atoms with E-state index < -0.39 is 32.7 Å². The van der Waals surface area contributed by atoms with E-state index in [1.165, 1.54) is 24.4 Å². The second-order valence-electron chi connectivity index (χ2n) is 9.53. The highest BCUT2D eigenvalue weighted by molar-refractivity contribution is 7.92. The van der Waals surface area contributed by atoms with E-state index in [4.69, 9.17) is 23.2 Å². The molecule has 0 aliphatic rings. The number of carbonyl (C=O) groups excluding carboxylic acids is 1. The number of fused-ring (bicyclic) bond motifs is 2. The third-order valence-electron chi connectivity index (χ3n) is 6.21. The number of hydrogen-bond acceptors (Lipinski definition) is 4. The van der Waals surface area contributed by atoms with E-state index >= 15 is 4.39 Å². The van der Waals surface area contributed by atoms with E-state index in [0.29, 0.717) is 33.2 Å². The number of anilines is 1. The number of imidazole rings is 1. The number of para-hydroxylation sites is 2. The summed E-state index contributed by atoms with van der Waals surface area (Å²) in [5.41, 5.74) is 2.08. The number of aromatic amines is 2. The zero-order chi connectivity index (χ0) is 27.9. The van der Waals surface area contributed by atoms with Gasteiger partial charge in [-0.2, -0.15) is 0 Å². The van der Waals surface area contributed by atoms with Gasteiger partial charge in [0, 0.05) is 17.1 Å². The van der Waals surface area contributed by atoms with Crippen molar-refractivity contribution in [2.75, 3.05) is 4.72 Å². The molecule has 0 bridgehead atoms. The minimum absolute atomic E-state index is 0.0265. The van der Waals surface area contributed by atoms with Gasteiger partial charge in [-0.25, -0.2) is 17.8 Å². The number of hydrogen-bond donors (Lipinski definition) is 4. The summed E-state index contributed by atoms with van der Waals surface area (Å²) >= 11 is 12.3. The molecule has 4 N–H and O–H groups in total. The van der Waals surface area contributed by atoms with Gasteiger partial charge in [0.25, 0.3) is 15.9 Å². The fourth-order valence-electron chi connectivity index (χ4n) is 4.40. The highest BCUT2D eigenvalue weighted by atomic mass is 35.5. The first-order valence-electron chi connectivity index (χ1n) is 12.1. The maximum absolute atomic E-state index is 15.1. The first-order chi connectivity index (χ1) is 18.5. The molecular weight excluding hydrogens is 564 g/mol. The van der Waals surface area contributed by atoms with E-state index in [1.807, 2.05) is 38.1 Å². The van der Waals surface area contributed by atoms with E-state index in [9.17, 15) is 13.2 Å². The van der Waals surface area contributed by atoms with Crippen molar-refractivity contribution in [3.8, 4) is 0 Å². The number of carbonyl (C=O) groups is 1. The minimum atomic E-state index is -4.36. The largest absolute Gasteiger partial charge is 0.358 e. The fourth-order valence-corrected chi connectivity index (χ4v) is 6.09. The Hall–Kier alpha value is -3.60. The third-order valence-corrected chi connectivity index (χ3v) is 8.23. The number of H-pyrrole nitrogens is 2. The second-order valence-corrected chi connectivity index (χ2v) is 12.0. The molecule has 0 aliphatic carbocycles. The highest BCUT2D eigenvalue weighted by Gasteiger charge is 2.25.